The molecule has 2 aromatic rings. The number of halogens is 3. The van der Waals surface area contributed by atoms with Gasteiger partial charge in [0, 0.05) is 0 Å². The van der Waals surface area contributed by atoms with Crippen LogP contribution in [0.3, 0.4) is 0 Å². The molecule has 0 bridgehead atoms. The van der Waals surface area contributed by atoms with Gasteiger partial charge in [-0.05, 0) is 20.8 Å². The normalized spacial score (nSPS) is 12.9. The molecule has 5 heteroatoms. The maximum absolute atomic E-state index is 3.81. The van der Waals surface area contributed by atoms with Gasteiger partial charge >= 0.3 is 21.7 Å². The first-order valence-electron chi connectivity index (χ1n) is 10.5. The van der Waals surface area contributed by atoms with Crippen molar-refractivity contribution in [3.8, 4) is 0 Å². The maximum Gasteiger partial charge on any atom is 4.00 e. The third-order valence-electron chi connectivity index (χ3n) is 5.76. The van der Waals surface area contributed by atoms with Crippen molar-refractivity contribution < 1.29 is 58.9 Å². The molecule has 1 unspecified atom stereocenters. The van der Waals surface area contributed by atoms with Gasteiger partial charge in [0.05, 0.1) is 8.80 Å². The van der Waals surface area contributed by atoms with E-state index in [0.717, 1.165) is 12.8 Å². The predicted octanol–water partition coefficient (Wildman–Crippen LogP) is -2.91. The largest absolute Gasteiger partial charge is 4.00 e. The molecule has 1 atom stereocenters. The van der Waals surface area contributed by atoms with E-state index in [1.165, 1.54) is 47.6 Å². The summed E-state index contributed by atoms with van der Waals surface area (Å²) in [5.41, 5.74) is 7.36. The minimum absolute atomic E-state index is 0. The van der Waals surface area contributed by atoms with Crippen molar-refractivity contribution in [2.75, 3.05) is 0 Å². The molecule has 0 heterocycles. The molecule has 0 fully saturated rings. The van der Waals surface area contributed by atoms with Crippen molar-refractivity contribution in [1.29, 1.82) is 0 Å². The molecule has 166 valence electrons. The third kappa shape index (κ3) is 8.88. The Kier molecular flexibility index (Phi) is 17.4. The monoisotopic (exact) mass is 526 g/mol. The Balaban J connectivity index is 0. The first-order chi connectivity index (χ1) is 13.1. The summed E-state index contributed by atoms with van der Waals surface area (Å²) in [7, 11) is -1.24. The van der Waals surface area contributed by atoms with Crippen LogP contribution in [0.2, 0.25) is 6.04 Å². The summed E-state index contributed by atoms with van der Waals surface area (Å²) >= 11 is 0. The number of allylic oxidation sites excluding steroid dienone is 4. The third-order valence-corrected chi connectivity index (χ3v) is 9.62. The van der Waals surface area contributed by atoms with Crippen molar-refractivity contribution >= 4 is 14.0 Å². The smallest absolute Gasteiger partial charge is 1.00 e. The van der Waals surface area contributed by atoms with E-state index in [4.69, 9.17) is 0 Å². The van der Waals surface area contributed by atoms with Crippen LogP contribution in [0.5, 0.6) is 0 Å². The molecular weight excluding hydrogens is 495 g/mol. The van der Waals surface area contributed by atoms with Gasteiger partial charge in [0.2, 0.25) is 0 Å². The summed E-state index contributed by atoms with van der Waals surface area (Å²) in [5.74, 6) is 0. The SMILES string of the molecule is CCCCC[SiH](C1=[C-]CC=C1Cc1ccccc1)c1c(C)cc(C)cc1C.[Cl-].[Cl-].[Cl-].[Ti+4]. The summed E-state index contributed by atoms with van der Waals surface area (Å²) in [5, 5.41) is 3.28. The van der Waals surface area contributed by atoms with Gasteiger partial charge in [-0.25, -0.2) is 5.20 Å². The number of benzene rings is 2. The van der Waals surface area contributed by atoms with Crippen LogP contribution < -0.4 is 42.4 Å². The van der Waals surface area contributed by atoms with E-state index in [1.54, 1.807) is 16.0 Å². The molecule has 0 amide bonds. The van der Waals surface area contributed by atoms with Crippen molar-refractivity contribution in [2.45, 2.75) is 65.8 Å². The van der Waals surface area contributed by atoms with Crippen molar-refractivity contribution in [3.63, 3.8) is 0 Å². The molecule has 0 aliphatic heterocycles. The molecule has 0 N–H and O–H groups in total. The van der Waals surface area contributed by atoms with Gasteiger partial charge < -0.3 is 37.2 Å². The molecule has 1 aliphatic carbocycles. The average molecular weight is 528 g/mol. The molecule has 0 spiro atoms. The maximum atomic E-state index is 3.81. The van der Waals surface area contributed by atoms with Crippen LogP contribution in [0.4, 0.5) is 0 Å². The first kappa shape index (κ1) is 32.9. The van der Waals surface area contributed by atoms with Crippen LogP contribution in [0, 0.1) is 26.8 Å². The number of aryl methyl sites for hydroxylation is 3. The first-order valence-corrected chi connectivity index (χ1v) is 12.5. The predicted molar refractivity (Wildman–Crippen MR) is 121 cm³/mol. The number of hydrogen-bond acceptors (Lipinski definition) is 0. The van der Waals surface area contributed by atoms with E-state index in [1.807, 2.05) is 0 Å². The Morgan fingerprint density at radius 3 is 2.10 bits per heavy atom. The van der Waals surface area contributed by atoms with E-state index in [2.05, 4.69) is 82.3 Å². The second-order valence-electron chi connectivity index (χ2n) is 8.05. The fourth-order valence-corrected chi connectivity index (χ4v) is 8.47. The van der Waals surface area contributed by atoms with Gasteiger partial charge in [0.1, 0.15) is 0 Å². The molecule has 0 saturated carbocycles. The summed E-state index contributed by atoms with van der Waals surface area (Å²) in [6, 6.07) is 17.1. The minimum atomic E-state index is -1.24. The summed E-state index contributed by atoms with van der Waals surface area (Å²) in [4.78, 5) is 0. The quantitative estimate of drug-likeness (QED) is 0.196. The minimum Gasteiger partial charge on any atom is -1.00 e. The summed E-state index contributed by atoms with van der Waals surface area (Å²) in [6.45, 7) is 9.18. The van der Waals surface area contributed by atoms with Gasteiger partial charge in [-0.1, -0.05) is 109 Å². The van der Waals surface area contributed by atoms with E-state index < -0.39 is 8.80 Å². The van der Waals surface area contributed by atoms with Crippen LogP contribution in [-0.4, -0.2) is 8.80 Å². The topological polar surface area (TPSA) is 0 Å². The standard InChI is InChI=1S/C26H33Si.3ClH.Ti/c1-5-6-10-16-27(26-21(3)17-20(2)18-22(26)4)25-15-11-14-24(25)19-23-12-8-7-9-13-23;;;;/h7-9,12-14,17-18,27H,5-6,10-11,16,19H2,1-4H3;3*1H;/q-1;;;;+4/p-3. The van der Waals surface area contributed by atoms with Crippen molar-refractivity contribution in [2.24, 2.45) is 0 Å². The molecule has 2 aromatic carbocycles. The molecular formula is C26H33Cl3SiTi. The number of hydrogen-bond donors (Lipinski definition) is 0. The molecule has 3 rings (SSSR count). The van der Waals surface area contributed by atoms with Crippen LogP contribution >= 0.6 is 0 Å². The Bertz CT molecular complexity index is 824. The number of unbranched alkanes of at least 4 members (excludes halogenated alkanes) is 2. The van der Waals surface area contributed by atoms with Crippen molar-refractivity contribution in [3.05, 3.63) is 87.6 Å². The van der Waals surface area contributed by atoms with E-state index >= 15 is 0 Å². The Hall–Kier alpha value is -0.279. The van der Waals surface area contributed by atoms with E-state index in [9.17, 15) is 0 Å². The summed E-state index contributed by atoms with van der Waals surface area (Å²) < 4.78 is 0. The summed E-state index contributed by atoms with van der Waals surface area (Å²) in [6.07, 6.45) is 12.3. The molecule has 1 aliphatic rings. The molecule has 0 aromatic heterocycles. The zero-order valence-electron chi connectivity index (χ0n) is 19.1. The van der Waals surface area contributed by atoms with Crippen LogP contribution in [0.25, 0.3) is 0 Å². The van der Waals surface area contributed by atoms with E-state index in [0.29, 0.717) is 0 Å². The Morgan fingerprint density at radius 1 is 0.903 bits per heavy atom. The Morgan fingerprint density at radius 2 is 1.52 bits per heavy atom. The van der Waals surface area contributed by atoms with E-state index in [-0.39, 0.29) is 58.9 Å². The zero-order valence-corrected chi connectivity index (χ0v) is 24.1. The van der Waals surface area contributed by atoms with Crippen LogP contribution in [0.1, 0.15) is 54.9 Å². The average Bonchev–Trinajstić information content (AvgIpc) is 3.08. The van der Waals surface area contributed by atoms with Crippen LogP contribution in [-0.2, 0) is 28.1 Å². The fraction of sp³-hybridized carbons (Fsp3) is 0.385. The van der Waals surface area contributed by atoms with Crippen molar-refractivity contribution in [1.82, 2.24) is 0 Å². The zero-order chi connectivity index (χ0) is 19.2. The molecule has 0 saturated heterocycles. The van der Waals surface area contributed by atoms with Gasteiger partial charge in [-0.2, -0.15) is 11.6 Å². The fourth-order valence-electron chi connectivity index (χ4n) is 4.61. The molecule has 0 nitrogen and oxygen atoms in total. The Labute approximate surface area is 225 Å². The number of rotatable bonds is 8. The van der Waals surface area contributed by atoms with Gasteiger partial charge in [0.15, 0.2) is 0 Å². The van der Waals surface area contributed by atoms with Gasteiger partial charge in [0.25, 0.3) is 0 Å². The molecule has 31 heavy (non-hydrogen) atoms. The second kappa shape index (κ2) is 16.4. The van der Waals surface area contributed by atoms with Crippen LogP contribution in [0.15, 0.2) is 59.3 Å². The van der Waals surface area contributed by atoms with Gasteiger partial charge in [-0.15, -0.1) is 6.42 Å². The van der Waals surface area contributed by atoms with Gasteiger partial charge in [-0.3, -0.25) is 6.08 Å². The second-order valence-corrected chi connectivity index (χ2v) is 10.9. The molecule has 0 radical (unpaired) electrons.